The van der Waals surface area contributed by atoms with Gasteiger partial charge in [-0.1, -0.05) is 88.0 Å². The fourth-order valence-corrected chi connectivity index (χ4v) is 4.73. The minimum Gasteiger partial charge on any atom is -0.396 e. The van der Waals surface area contributed by atoms with Gasteiger partial charge in [-0.15, -0.1) is 23.5 Å². The summed E-state index contributed by atoms with van der Waals surface area (Å²) in [5, 5.41) is 17.9. The molecule has 0 atom stereocenters. The van der Waals surface area contributed by atoms with E-state index in [2.05, 4.69) is 12.7 Å². The van der Waals surface area contributed by atoms with Crippen LogP contribution in [0, 0.1) is 0 Å². The van der Waals surface area contributed by atoms with Crippen LogP contribution in [0.2, 0.25) is 0 Å². The van der Waals surface area contributed by atoms with E-state index in [1.807, 2.05) is 75.3 Å². The van der Waals surface area contributed by atoms with Crippen molar-refractivity contribution in [3.63, 3.8) is 0 Å². The fraction of sp³-hybridized carbons (Fsp3) is 0.667. The molecule has 0 aromatic heterocycles. The number of carbonyl (C=O) groups excluding carboxylic acids is 1. The minimum absolute atomic E-state index is 0.0905. The number of aliphatic hydroxyl groups excluding tert-OH is 2. The smallest absolute Gasteiger partial charge is 0.200 e. The second-order valence-electron chi connectivity index (χ2n) is 5.13. The lowest BCUT2D eigenvalue weighted by Gasteiger charge is -2.27. The van der Waals surface area contributed by atoms with E-state index >= 15 is 0 Å². The van der Waals surface area contributed by atoms with Gasteiger partial charge in [0.1, 0.15) is 0 Å². The number of thioether (sulfide) groups is 2. The average Bonchev–Trinajstić information content (AvgIpc) is 2.90. The van der Waals surface area contributed by atoms with Gasteiger partial charge in [0.2, 0.25) is 5.78 Å². The van der Waals surface area contributed by atoms with Crippen LogP contribution in [0.15, 0.2) is 45.3 Å². The number of hydrogen-bond donors (Lipinski definition) is 2. The third-order valence-corrected chi connectivity index (χ3v) is 6.04. The van der Waals surface area contributed by atoms with Crippen LogP contribution in [0.1, 0.15) is 94.9 Å². The van der Waals surface area contributed by atoms with E-state index in [0.717, 1.165) is 50.9 Å². The predicted molar refractivity (Wildman–Crippen MR) is 152 cm³/mol. The monoisotopic (exact) mass is 488 g/mol. The molecule has 0 bridgehead atoms. The standard InChI is InChI=1S/C17H22O3S2.5C2H6/c1-12-13-6-2-3-7-14(13)15(20)17(22-11-5-9-19)16(12)21-10-4-8-18;5*1-2/h6-7,18-19H,1-5,8-11H2;5*1-2H3. The highest BCUT2D eigenvalue weighted by Gasteiger charge is 2.32. The summed E-state index contributed by atoms with van der Waals surface area (Å²) in [5.41, 5.74) is 2.70. The Morgan fingerprint density at radius 1 is 0.719 bits per heavy atom. The highest BCUT2D eigenvalue weighted by atomic mass is 32.2. The SMILES string of the molecule is C=C1C2=CCCC=C2C(=O)C(SCCCO)=C1SCCCO.CC.CC.CC.CC.CC. The van der Waals surface area contributed by atoms with Gasteiger partial charge in [0.05, 0.1) is 4.91 Å². The second kappa shape index (κ2) is 30.2. The Morgan fingerprint density at radius 2 is 1.09 bits per heavy atom. The number of carbonyl (C=O) groups is 1. The van der Waals surface area contributed by atoms with Gasteiger partial charge in [0.25, 0.3) is 0 Å². The van der Waals surface area contributed by atoms with Crippen molar-refractivity contribution in [3.8, 4) is 0 Å². The molecule has 190 valence electrons. The van der Waals surface area contributed by atoms with E-state index in [4.69, 9.17) is 10.2 Å². The number of rotatable bonds is 8. The fourth-order valence-electron chi connectivity index (χ4n) is 2.42. The number of fused-ring (bicyclic) bond motifs is 1. The highest BCUT2D eigenvalue weighted by molar-refractivity contribution is 8.07. The molecule has 0 aromatic rings. The van der Waals surface area contributed by atoms with Crippen molar-refractivity contribution in [3.05, 3.63) is 45.3 Å². The molecule has 3 nitrogen and oxygen atoms in total. The first-order chi connectivity index (χ1) is 15.7. The molecule has 2 N–H and O–H groups in total. The first-order valence-electron chi connectivity index (χ1n) is 12.6. The normalized spacial score (nSPS) is 13.5. The zero-order chi connectivity index (χ0) is 25.9. The average molecular weight is 489 g/mol. The molecular formula is C27H52O3S2. The number of ketones is 1. The van der Waals surface area contributed by atoms with Crippen LogP contribution < -0.4 is 0 Å². The minimum atomic E-state index is 0.0905. The highest BCUT2D eigenvalue weighted by Crippen LogP contribution is 2.45. The Hall–Kier alpha value is -0.750. The summed E-state index contributed by atoms with van der Waals surface area (Å²) in [7, 11) is 0. The molecule has 2 aliphatic carbocycles. The lowest BCUT2D eigenvalue weighted by molar-refractivity contribution is -0.111. The second-order valence-corrected chi connectivity index (χ2v) is 7.34. The molecule has 0 aliphatic heterocycles. The van der Waals surface area contributed by atoms with Gasteiger partial charge in [-0.05, 0) is 36.8 Å². The molecule has 0 unspecified atom stereocenters. The molecule has 2 aliphatic rings. The Balaban J connectivity index is -0.000000345. The molecule has 0 spiro atoms. The van der Waals surface area contributed by atoms with Crippen molar-refractivity contribution >= 4 is 29.3 Å². The molecule has 0 amide bonds. The van der Waals surface area contributed by atoms with E-state index in [1.54, 1.807) is 11.8 Å². The van der Waals surface area contributed by atoms with Crippen LogP contribution in [0.25, 0.3) is 0 Å². The Bertz CT molecular complexity index is 499. The topological polar surface area (TPSA) is 57.5 Å². The molecule has 0 heterocycles. The van der Waals surface area contributed by atoms with Gasteiger partial charge in [-0.25, -0.2) is 0 Å². The lowest BCUT2D eigenvalue weighted by atomic mass is 9.85. The van der Waals surface area contributed by atoms with Gasteiger partial charge < -0.3 is 10.2 Å². The summed E-state index contributed by atoms with van der Waals surface area (Å²) in [5.74, 6) is 1.59. The van der Waals surface area contributed by atoms with Crippen molar-refractivity contribution in [1.29, 1.82) is 0 Å². The van der Waals surface area contributed by atoms with E-state index in [9.17, 15) is 4.79 Å². The Morgan fingerprint density at radius 3 is 1.50 bits per heavy atom. The molecule has 0 fully saturated rings. The number of Topliss-reactive ketones (excluding diaryl/α,β-unsaturated/α-hetero) is 1. The van der Waals surface area contributed by atoms with E-state index in [0.29, 0.717) is 12.8 Å². The summed E-state index contributed by atoms with van der Waals surface area (Å²) in [6.07, 6.45) is 7.35. The van der Waals surface area contributed by atoms with Crippen molar-refractivity contribution in [2.75, 3.05) is 24.7 Å². The maximum atomic E-state index is 12.8. The van der Waals surface area contributed by atoms with Gasteiger partial charge >= 0.3 is 0 Å². The molecular weight excluding hydrogens is 436 g/mol. The van der Waals surface area contributed by atoms with Crippen molar-refractivity contribution in [1.82, 2.24) is 0 Å². The zero-order valence-corrected chi connectivity index (χ0v) is 24.3. The number of aliphatic hydroxyl groups is 2. The summed E-state index contributed by atoms with van der Waals surface area (Å²) in [6, 6.07) is 0. The molecule has 0 saturated carbocycles. The lowest BCUT2D eigenvalue weighted by Crippen LogP contribution is -2.18. The summed E-state index contributed by atoms with van der Waals surface area (Å²) in [6.45, 7) is 24.5. The largest absolute Gasteiger partial charge is 0.396 e. The third kappa shape index (κ3) is 14.4. The van der Waals surface area contributed by atoms with E-state index in [-0.39, 0.29) is 19.0 Å². The molecule has 5 heteroatoms. The molecule has 0 radical (unpaired) electrons. The Kier molecular flexibility index (Phi) is 36.4. The van der Waals surface area contributed by atoms with Crippen LogP contribution in [-0.4, -0.2) is 40.7 Å². The molecule has 0 saturated heterocycles. The van der Waals surface area contributed by atoms with Gasteiger partial charge in [-0.2, -0.15) is 0 Å². The van der Waals surface area contributed by atoms with Crippen molar-refractivity contribution in [2.45, 2.75) is 94.9 Å². The van der Waals surface area contributed by atoms with Crippen LogP contribution in [-0.2, 0) is 4.79 Å². The van der Waals surface area contributed by atoms with Gasteiger partial charge in [-0.3, -0.25) is 4.79 Å². The van der Waals surface area contributed by atoms with E-state index in [1.165, 1.54) is 11.8 Å². The summed E-state index contributed by atoms with van der Waals surface area (Å²) in [4.78, 5) is 14.5. The first-order valence-corrected chi connectivity index (χ1v) is 14.5. The third-order valence-electron chi connectivity index (χ3n) is 3.51. The molecule has 2 rings (SSSR count). The van der Waals surface area contributed by atoms with Crippen LogP contribution in [0.3, 0.4) is 0 Å². The Labute approximate surface area is 208 Å². The summed E-state index contributed by atoms with van der Waals surface area (Å²) >= 11 is 3.12. The maximum absolute atomic E-state index is 12.8. The van der Waals surface area contributed by atoms with Crippen LogP contribution >= 0.6 is 23.5 Å². The van der Waals surface area contributed by atoms with Gasteiger partial charge in [0, 0.05) is 35.2 Å². The number of allylic oxidation sites excluding steroid dienone is 6. The zero-order valence-electron chi connectivity index (χ0n) is 22.6. The molecule has 0 aromatic carbocycles. The van der Waals surface area contributed by atoms with Crippen molar-refractivity contribution < 1.29 is 15.0 Å². The quantitative estimate of drug-likeness (QED) is 0.336. The van der Waals surface area contributed by atoms with Gasteiger partial charge in [0.15, 0.2) is 0 Å². The summed E-state index contributed by atoms with van der Waals surface area (Å²) < 4.78 is 0. The van der Waals surface area contributed by atoms with E-state index < -0.39 is 0 Å². The molecule has 32 heavy (non-hydrogen) atoms. The number of hydrogen-bond acceptors (Lipinski definition) is 5. The predicted octanol–water partition coefficient (Wildman–Crippen LogP) is 8.35. The van der Waals surface area contributed by atoms with Crippen LogP contribution in [0.5, 0.6) is 0 Å². The maximum Gasteiger partial charge on any atom is 0.200 e. The van der Waals surface area contributed by atoms with Crippen LogP contribution in [0.4, 0.5) is 0 Å². The first kappa shape index (κ1) is 38.5. The van der Waals surface area contributed by atoms with Crippen molar-refractivity contribution in [2.24, 2.45) is 0 Å².